The molecule has 1 heterocycles. The molecule has 1 aromatic heterocycles. The van der Waals surface area contributed by atoms with Crippen molar-refractivity contribution in [1.29, 1.82) is 0 Å². The number of methoxy groups -OCH3 is 1. The van der Waals surface area contributed by atoms with Crippen LogP contribution in [0.5, 0.6) is 5.75 Å². The van der Waals surface area contributed by atoms with Crippen LogP contribution in [0.2, 0.25) is 0 Å². The Morgan fingerprint density at radius 3 is 2.62 bits per heavy atom. The van der Waals surface area contributed by atoms with Gasteiger partial charge in [0.2, 0.25) is 0 Å². The molecule has 0 unspecified atom stereocenters. The lowest BCUT2D eigenvalue weighted by Gasteiger charge is -2.09. The molecule has 0 aliphatic rings. The Bertz CT molecular complexity index is 1120. The fourth-order valence-electron chi connectivity index (χ4n) is 2.95. The monoisotopic (exact) mass is 385 g/mol. The maximum absolute atomic E-state index is 12.7. The van der Waals surface area contributed by atoms with E-state index in [0.29, 0.717) is 40.7 Å². The summed E-state index contributed by atoms with van der Waals surface area (Å²) in [5.41, 5.74) is 2.85. The third kappa shape index (κ3) is 4.32. The maximum Gasteiger partial charge on any atom is 0.260 e. The van der Waals surface area contributed by atoms with E-state index >= 15 is 0 Å². The van der Waals surface area contributed by atoms with Gasteiger partial charge in [0, 0.05) is 12.0 Å². The zero-order valence-corrected chi connectivity index (χ0v) is 15.8. The van der Waals surface area contributed by atoms with Crippen LogP contribution in [0.1, 0.15) is 21.7 Å². The average Bonchev–Trinajstić information content (AvgIpc) is 3.23. The van der Waals surface area contributed by atoms with Gasteiger partial charge in [-0.05, 0) is 35.9 Å². The van der Waals surface area contributed by atoms with Crippen molar-refractivity contribution in [1.82, 2.24) is 10.1 Å². The molecule has 0 bridgehead atoms. The molecule has 0 radical (unpaired) electrons. The molecule has 0 fully saturated rings. The number of aromatic nitrogens is 2. The molecule has 3 aromatic carbocycles. The molecular weight excluding hydrogens is 366 g/mol. The minimum Gasteiger partial charge on any atom is -0.497 e. The van der Waals surface area contributed by atoms with Crippen LogP contribution in [0, 0.1) is 0 Å². The summed E-state index contributed by atoms with van der Waals surface area (Å²) in [6, 6.07) is 24.2. The van der Waals surface area contributed by atoms with E-state index in [1.54, 1.807) is 37.4 Å². The van der Waals surface area contributed by atoms with Gasteiger partial charge in [-0.25, -0.2) is 0 Å². The molecular formula is C23H19N3O3. The number of carbonyl (C=O) groups excluding carboxylic acids is 1. The van der Waals surface area contributed by atoms with Crippen molar-refractivity contribution in [2.45, 2.75) is 6.42 Å². The zero-order chi connectivity index (χ0) is 20.1. The van der Waals surface area contributed by atoms with E-state index in [1.807, 2.05) is 48.5 Å². The number of ether oxygens (including phenoxy) is 1. The largest absolute Gasteiger partial charge is 0.497 e. The van der Waals surface area contributed by atoms with Gasteiger partial charge in [-0.1, -0.05) is 53.7 Å². The van der Waals surface area contributed by atoms with Crippen LogP contribution < -0.4 is 10.1 Å². The first kappa shape index (κ1) is 18.4. The summed E-state index contributed by atoms with van der Waals surface area (Å²) in [6.45, 7) is 0. The first-order valence-corrected chi connectivity index (χ1v) is 9.14. The van der Waals surface area contributed by atoms with Crippen LogP contribution in [0.3, 0.4) is 0 Å². The number of para-hydroxylation sites is 1. The molecule has 0 spiro atoms. The average molecular weight is 385 g/mol. The second-order valence-corrected chi connectivity index (χ2v) is 6.41. The van der Waals surface area contributed by atoms with Gasteiger partial charge in [0.1, 0.15) is 5.75 Å². The third-order valence-corrected chi connectivity index (χ3v) is 4.41. The quantitative estimate of drug-likeness (QED) is 0.525. The molecule has 144 valence electrons. The van der Waals surface area contributed by atoms with Gasteiger partial charge in [0.25, 0.3) is 11.8 Å². The summed E-state index contributed by atoms with van der Waals surface area (Å²) < 4.78 is 10.6. The molecule has 0 saturated carbocycles. The Balaban J connectivity index is 1.56. The first-order valence-electron chi connectivity index (χ1n) is 9.14. The van der Waals surface area contributed by atoms with Gasteiger partial charge in [0.05, 0.1) is 18.4 Å². The van der Waals surface area contributed by atoms with Crippen LogP contribution in [-0.2, 0) is 6.42 Å². The summed E-state index contributed by atoms with van der Waals surface area (Å²) in [4.78, 5) is 17.2. The highest BCUT2D eigenvalue weighted by Gasteiger charge is 2.15. The molecule has 0 saturated heterocycles. The van der Waals surface area contributed by atoms with E-state index in [4.69, 9.17) is 9.26 Å². The van der Waals surface area contributed by atoms with Gasteiger partial charge in [-0.3, -0.25) is 4.79 Å². The van der Waals surface area contributed by atoms with Crippen LogP contribution >= 0.6 is 0 Å². The van der Waals surface area contributed by atoms with Crippen molar-refractivity contribution in [3.63, 3.8) is 0 Å². The van der Waals surface area contributed by atoms with E-state index in [0.717, 1.165) is 5.56 Å². The number of nitrogens with zero attached hydrogens (tertiary/aromatic N) is 2. The standard InChI is InChI=1S/C23H19N3O3/c1-28-18-11-7-10-17(15-18)22(27)24-20-13-6-5-12-19(20)23-25-21(26-29-23)14-16-8-3-2-4-9-16/h2-13,15H,14H2,1H3,(H,24,27). The topological polar surface area (TPSA) is 77.2 Å². The van der Waals surface area contributed by atoms with Crippen molar-refractivity contribution in [3.05, 3.63) is 95.8 Å². The minimum absolute atomic E-state index is 0.250. The second kappa shape index (κ2) is 8.39. The van der Waals surface area contributed by atoms with Crippen molar-refractivity contribution in [2.24, 2.45) is 0 Å². The maximum atomic E-state index is 12.7. The highest BCUT2D eigenvalue weighted by atomic mass is 16.5. The third-order valence-electron chi connectivity index (χ3n) is 4.41. The summed E-state index contributed by atoms with van der Waals surface area (Å²) >= 11 is 0. The van der Waals surface area contributed by atoms with E-state index < -0.39 is 0 Å². The van der Waals surface area contributed by atoms with Crippen molar-refractivity contribution in [2.75, 3.05) is 12.4 Å². The van der Waals surface area contributed by atoms with Crippen LogP contribution in [-0.4, -0.2) is 23.2 Å². The van der Waals surface area contributed by atoms with Crippen molar-refractivity contribution < 1.29 is 14.1 Å². The molecule has 1 amide bonds. The number of hydrogen-bond donors (Lipinski definition) is 1. The number of rotatable bonds is 6. The molecule has 4 aromatic rings. The number of benzene rings is 3. The second-order valence-electron chi connectivity index (χ2n) is 6.41. The van der Waals surface area contributed by atoms with Gasteiger partial charge in [-0.2, -0.15) is 4.98 Å². The molecule has 1 N–H and O–H groups in total. The molecule has 29 heavy (non-hydrogen) atoms. The predicted molar refractivity (Wildman–Crippen MR) is 110 cm³/mol. The molecule has 0 atom stereocenters. The Hall–Kier alpha value is -3.93. The SMILES string of the molecule is COc1cccc(C(=O)Nc2ccccc2-c2nc(Cc3ccccc3)no2)c1. The van der Waals surface area contributed by atoms with E-state index in [2.05, 4.69) is 15.5 Å². The van der Waals surface area contributed by atoms with Gasteiger partial charge in [0.15, 0.2) is 5.82 Å². The Kier molecular flexibility index (Phi) is 5.33. The highest BCUT2D eigenvalue weighted by molar-refractivity contribution is 6.06. The zero-order valence-electron chi connectivity index (χ0n) is 15.8. The van der Waals surface area contributed by atoms with Crippen LogP contribution in [0.15, 0.2) is 83.4 Å². The highest BCUT2D eigenvalue weighted by Crippen LogP contribution is 2.27. The summed E-state index contributed by atoms with van der Waals surface area (Å²) in [5.74, 6) is 1.31. The molecule has 6 nitrogen and oxygen atoms in total. The predicted octanol–water partition coefficient (Wildman–Crippen LogP) is 4.59. The number of carbonyl (C=O) groups is 1. The summed E-state index contributed by atoms with van der Waals surface area (Å²) in [5, 5.41) is 6.99. The molecule has 6 heteroatoms. The molecule has 0 aliphatic heterocycles. The number of nitrogens with one attached hydrogen (secondary N) is 1. The molecule has 0 aliphatic carbocycles. The van der Waals surface area contributed by atoms with Crippen molar-refractivity contribution >= 4 is 11.6 Å². The minimum atomic E-state index is -0.250. The molecule has 4 rings (SSSR count). The number of amides is 1. The van der Waals surface area contributed by atoms with E-state index in [1.165, 1.54) is 0 Å². The fourth-order valence-corrected chi connectivity index (χ4v) is 2.95. The summed E-state index contributed by atoms with van der Waals surface area (Å²) in [6.07, 6.45) is 0.572. The van der Waals surface area contributed by atoms with Gasteiger partial charge < -0.3 is 14.6 Å². The normalized spacial score (nSPS) is 10.5. The lowest BCUT2D eigenvalue weighted by molar-refractivity contribution is 0.102. The lowest BCUT2D eigenvalue weighted by Crippen LogP contribution is -2.12. The Morgan fingerprint density at radius 1 is 1.00 bits per heavy atom. The smallest absolute Gasteiger partial charge is 0.260 e. The Morgan fingerprint density at radius 2 is 1.79 bits per heavy atom. The number of anilines is 1. The van der Waals surface area contributed by atoms with Gasteiger partial charge >= 0.3 is 0 Å². The Labute approximate surface area is 168 Å². The lowest BCUT2D eigenvalue weighted by atomic mass is 10.1. The van der Waals surface area contributed by atoms with Crippen LogP contribution in [0.4, 0.5) is 5.69 Å². The van der Waals surface area contributed by atoms with Gasteiger partial charge in [-0.15, -0.1) is 0 Å². The van der Waals surface area contributed by atoms with Crippen LogP contribution in [0.25, 0.3) is 11.5 Å². The number of hydrogen-bond acceptors (Lipinski definition) is 5. The van der Waals surface area contributed by atoms with Crippen molar-refractivity contribution in [3.8, 4) is 17.2 Å². The first-order chi connectivity index (χ1) is 14.2. The summed E-state index contributed by atoms with van der Waals surface area (Å²) in [7, 11) is 1.56. The van der Waals surface area contributed by atoms with E-state index in [-0.39, 0.29) is 5.91 Å². The van der Waals surface area contributed by atoms with E-state index in [9.17, 15) is 4.79 Å². The fraction of sp³-hybridized carbons (Fsp3) is 0.0870.